The Bertz CT molecular complexity index is 1110. The third-order valence-electron chi connectivity index (χ3n) is 6.70. The molecule has 0 aliphatic heterocycles. The normalized spacial score (nSPS) is 18.2. The first-order chi connectivity index (χ1) is 16.3. The molecule has 0 spiro atoms. The zero-order valence-electron chi connectivity index (χ0n) is 20.1. The number of hydrogen-bond acceptors (Lipinski definition) is 4. The molecule has 0 unspecified atom stereocenters. The molecule has 0 bridgehead atoms. The van der Waals surface area contributed by atoms with Crippen molar-refractivity contribution in [3.05, 3.63) is 59.5 Å². The summed E-state index contributed by atoms with van der Waals surface area (Å²) < 4.78 is 1.56. The second-order valence-corrected chi connectivity index (χ2v) is 9.61. The number of hydrogen-bond donors (Lipinski definition) is 2. The van der Waals surface area contributed by atoms with Crippen LogP contribution in [0.2, 0.25) is 0 Å². The monoisotopic (exact) mass is 463 g/mol. The predicted octanol–water partition coefficient (Wildman–Crippen LogP) is 4.65. The smallest absolute Gasteiger partial charge is 0.341 e. The molecule has 4 rings (SSSR count). The van der Waals surface area contributed by atoms with Gasteiger partial charge in [0, 0.05) is 24.4 Å². The molecule has 1 aliphatic rings. The van der Waals surface area contributed by atoms with Crippen LogP contribution in [0.15, 0.2) is 42.7 Å². The lowest BCUT2D eigenvalue weighted by atomic mass is 9.82. The van der Waals surface area contributed by atoms with Crippen LogP contribution in [0.4, 0.5) is 5.82 Å². The molecule has 1 aliphatic carbocycles. The minimum absolute atomic E-state index is 0.0247. The van der Waals surface area contributed by atoms with E-state index in [2.05, 4.69) is 22.2 Å². The summed E-state index contributed by atoms with van der Waals surface area (Å²) in [4.78, 5) is 27.1. The molecule has 1 saturated carbocycles. The first-order valence-electron chi connectivity index (χ1n) is 12.1. The van der Waals surface area contributed by atoms with Crippen LogP contribution in [0.1, 0.15) is 68.1 Å². The molecule has 180 valence electrons. The third kappa shape index (κ3) is 5.21. The van der Waals surface area contributed by atoms with Gasteiger partial charge in [0.25, 0.3) is 0 Å². The van der Waals surface area contributed by atoms with Crippen molar-refractivity contribution in [3.63, 3.8) is 0 Å². The molecule has 0 atom stereocenters. The first-order valence-corrected chi connectivity index (χ1v) is 12.1. The quantitative estimate of drug-likeness (QED) is 0.506. The maximum absolute atomic E-state index is 13.5. The molecule has 8 nitrogen and oxygen atoms in total. The Morgan fingerprint density at radius 2 is 1.82 bits per heavy atom. The lowest BCUT2D eigenvalue weighted by Crippen LogP contribution is -2.43. The number of carboxylic acids is 1. The second kappa shape index (κ2) is 10.2. The van der Waals surface area contributed by atoms with E-state index in [0.29, 0.717) is 5.92 Å². The Balaban J connectivity index is 1.57. The van der Waals surface area contributed by atoms with Gasteiger partial charge >= 0.3 is 5.97 Å². The summed E-state index contributed by atoms with van der Waals surface area (Å²) in [5.74, 6) is -0.350. The average Bonchev–Trinajstić information content (AvgIpc) is 3.49. The van der Waals surface area contributed by atoms with E-state index in [0.717, 1.165) is 55.5 Å². The fraction of sp³-hybridized carbons (Fsp3) is 0.462. The van der Waals surface area contributed by atoms with Crippen LogP contribution < -0.4 is 4.90 Å². The highest BCUT2D eigenvalue weighted by molar-refractivity contribution is 6.01. The highest BCUT2D eigenvalue weighted by atomic mass is 16.4. The SMILES string of the molecule is CC1CCC(C(=O)N(c2nn(-c3ccc(CCc4cc[nH]n4)cc3)cc2C(=O)O)C(C)C)CC1. The van der Waals surface area contributed by atoms with E-state index < -0.39 is 5.97 Å². The highest BCUT2D eigenvalue weighted by Gasteiger charge is 2.34. The molecular formula is C26H33N5O3. The fourth-order valence-corrected chi connectivity index (χ4v) is 4.65. The van der Waals surface area contributed by atoms with Gasteiger partial charge < -0.3 is 5.11 Å². The maximum Gasteiger partial charge on any atom is 0.341 e. The molecule has 3 aromatic rings. The number of amides is 1. The second-order valence-electron chi connectivity index (χ2n) is 9.61. The van der Waals surface area contributed by atoms with Crippen molar-refractivity contribution < 1.29 is 14.7 Å². The Morgan fingerprint density at radius 1 is 1.12 bits per heavy atom. The van der Waals surface area contributed by atoms with Crippen molar-refractivity contribution in [2.45, 2.75) is 65.3 Å². The lowest BCUT2D eigenvalue weighted by Gasteiger charge is -2.32. The van der Waals surface area contributed by atoms with Crippen LogP contribution in [-0.2, 0) is 17.6 Å². The average molecular weight is 464 g/mol. The number of carbonyl (C=O) groups is 2. The molecule has 34 heavy (non-hydrogen) atoms. The zero-order chi connectivity index (χ0) is 24.2. The van der Waals surface area contributed by atoms with Crippen LogP contribution in [0.3, 0.4) is 0 Å². The molecule has 2 aromatic heterocycles. The van der Waals surface area contributed by atoms with E-state index in [9.17, 15) is 14.7 Å². The number of H-pyrrole nitrogens is 1. The minimum atomic E-state index is -1.09. The highest BCUT2D eigenvalue weighted by Crippen LogP contribution is 2.32. The van der Waals surface area contributed by atoms with E-state index in [-0.39, 0.29) is 29.2 Å². The lowest BCUT2D eigenvalue weighted by molar-refractivity contribution is -0.123. The first kappa shape index (κ1) is 23.7. The number of carbonyl (C=O) groups excluding carboxylic acids is 1. The summed E-state index contributed by atoms with van der Waals surface area (Å²) in [5.41, 5.74) is 2.95. The maximum atomic E-state index is 13.5. The van der Waals surface area contributed by atoms with E-state index in [4.69, 9.17) is 0 Å². The number of nitrogens with one attached hydrogen (secondary N) is 1. The van der Waals surface area contributed by atoms with Crippen LogP contribution in [-0.4, -0.2) is 43.0 Å². The van der Waals surface area contributed by atoms with Crippen molar-refractivity contribution in [3.8, 4) is 5.69 Å². The summed E-state index contributed by atoms with van der Waals surface area (Å²) in [5, 5.41) is 21.5. The number of anilines is 1. The molecular weight excluding hydrogens is 430 g/mol. The van der Waals surface area contributed by atoms with Gasteiger partial charge in [-0.15, -0.1) is 5.10 Å². The zero-order valence-corrected chi connectivity index (χ0v) is 20.1. The summed E-state index contributed by atoms with van der Waals surface area (Å²) >= 11 is 0. The number of aromatic amines is 1. The number of nitrogens with zero attached hydrogens (tertiary/aromatic N) is 4. The summed E-state index contributed by atoms with van der Waals surface area (Å²) in [7, 11) is 0. The third-order valence-corrected chi connectivity index (χ3v) is 6.70. The fourth-order valence-electron chi connectivity index (χ4n) is 4.65. The molecule has 2 N–H and O–H groups in total. The van der Waals surface area contributed by atoms with Crippen LogP contribution >= 0.6 is 0 Å². The van der Waals surface area contributed by atoms with Crippen LogP contribution in [0.25, 0.3) is 5.69 Å². The van der Waals surface area contributed by atoms with Gasteiger partial charge in [-0.2, -0.15) is 5.10 Å². The number of aromatic carboxylic acids is 1. The van der Waals surface area contributed by atoms with E-state index in [1.165, 1.54) is 6.20 Å². The minimum Gasteiger partial charge on any atom is -0.477 e. The van der Waals surface area contributed by atoms with Crippen molar-refractivity contribution >= 4 is 17.7 Å². The molecule has 0 radical (unpaired) electrons. The largest absolute Gasteiger partial charge is 0.477 e. The van der Waals surface area contributed by atoms with Gasteiger partial charge in [-0.3, -0.25) is 14.8 Å². The number of rotatable bonds is 8. The Morgan fingerprint density at radius 3 is 2.41 bits per heavy atom. The van der Waals surface area contributed by atoms with Crippen LogP contribution in [0.5, 0.6) is 0 Å². The molecule has 1 amide bonds. The summed E-state index contributed by atoms with van der Waals surface area (Å²) in [6.07, 6.45) is 8.73. The van der Waals surface area contributed by atoms with Crippen molar-refractivity contribution in [1.29, 1.82) is 0 Å². The molecule has 2 heterocycles. The number of aryl methyl sites for hydroxylation is 2. The van der Waals surface area contributed by atoms with E-state index >= 15 is 0 Å². The van der Waals surface area contributed by atoms with Gasteiger partial charge in [-0.25, -0.2) is 9.48 Å². The molecule has 8 heteroatoms. The van der Waals surface area contributed by atoms with Crippen LogP contribution in [0, 0.1) is 11.8 Å². The van der Waals surface area contributed by atoms with Crippen molar-refractivity contribution in [2.75, 3.05) is 4.90 Å². The van der Waals surface area contributed by atoms with Gasteiger partial charge in [0.1, 0.15) is 5.56 Å². The number of aromatic nitrogens is 4. The van der Waals surface area contributed by atoms with Gasteiger partial charge in [0.15, 0.2) is 5.82 Å². The Kier molecular flexibility index (Phi) is 7.14. The molecule has 0 saturated heterocycles. The standard InChI is InChI=1S/C26H33N5O3/c1-17(2)31(25(32)20-9-4-18(3)5-10-20)24-23(26(33)34)16-30(29-24)22-12-7-19(8-13-22)6-11-21-14-15-27-28-21/h7-8,12-18,20H,4-6,9-11H2,1-3H3,(H,27,28)(H,33,34). The molecule has 1 aromatic carbocycles. The van der Waals surface area contributed by atoms with E-state index in [1.54, 1.807) is 9.58 Å². The van der Waals surface area contributed by atoms with Gasteiger partial charge in [0.2, 0.25) is 5.91 Å². The Hall–Kier alpha value is -3.42. The van der Waals surface area contributed by atoms with Gasteiger partial charge in [0.05, 0.1) is 11.4 Å². The Labute approximate surface area is 200 Å². The number of benzene rings is 1. The van der Waals surface area contributed by atoms with Crippen molar-refractivity contribution in [2.24, 2.45) is 11.8 Å². The predicted molar refractivity (Wildman–Crippen MR) is 130 cm³/mol. The summed E-state index contributed by atoms with van der Waals surface area (Å²) in [6, 6.07) is 9.63. The number of carboxylic acid groups (broad SMARTS) is 1. The van der Waals surface area contributed by atoms with Crippen molar-refractivity contribution in [1.82, 2.24) is 20.0 Å². The summed E-state index contributed by atoms with van der Waals surface area (Å²) in [6.45, 7) is 6.03. The van der Waals surface area contributed by atoms with Gasteiger partial charge in [-0.1, -0.05) is 19.1 Å². The van der Waals surface area contributed by atoms with Gasteiger partial charge in [-0.05, 0) is 82.1 Å². The topological polar surface area (TPSA) is 104 Å². The molecule has 1 fully saturated rings. The van der Waals surface area contributed by atoms with E-state index in [1.807, 2.05) is 50.4 Å².